The van der Waals surface area contributed by atoms with Crippen molar-refractivity contribution < 1.29 is 13.7 Å². The number of nitrogens with zero attached hydrogens (tertiary/aromatic N) is 1. The summed E-state index contributed by atoms with van der Waals surface area (Å²) in [7, 11) is -0.373. The van der Waals surface area contributed by atoms with Crippen molar-refractivity contribution >= 4 is 21.3 Å². The van der Waals surface area contributed by atoms with Gasteiger partial charge in [0.15, 0.2) is 11.5 Å². The van der Waals surface area contributed by atoms with E-state index in [9.17, 15) is 4.21 Å². The van der Waals surface area contributed by atoms with E-state index in [1.54, 1.807) is 0 Å². The van der Waals surface area contributed by atoms with Gasteiger partial charge in [-0.25, -0.2) is 4.21 Å². The van der Waals surface area contributed by atoms with Gasteiger partial charge in [0.25, 0.3) is 0 Å². The maximum Gasteiger partial charge on any atom is 0.231 e. The molecule has 1 saturated heterocycles. The smallest absolute Gasteiger partial charge is 0.231 e. The average Bonchev–Trinajstić information content (AvgIpc) is 2.95. The molecular weight excluding hydrogens is 300 g/mol. The molecule has 0 aliphatic carbocycles. The molecule has 0 amide bonds. The van der Waals surface area contributed by atoms with Crippen LogP contribution in [0.25, 0.3) is 0 Å². The minimum Gasteiger partial charge on any atom is -0.454 e. The van der Waals surface area contributed by atoms with Gasteiger partial charge in [-0.15, -0.1) is 0 Å². The summed E-state index contributed by atoms with van der Waals surface area (Å²) in [6.07, 6.45) is 0.817. The van der Waals surface area contributed by atoms with Gasteiger partial charge in [0.2, 0.25) is 6.79 Å². The Balaban J connectivity index is 1.74. The van der Waals surface area contributed by atoms with Crippen LogP contribution in [0.2, 0.25) is 5.02 Å². The highest BCUT2D eigenvalue weighted by Crippen LogP contribution is 2.40. The molecule has 1 fully saturated rings. The van der Waals surface area contributed by atoms with Crippen LogP contribution in [0, 0.1) is 4.78 Å². The van der Waals surface area contributed by atoms with Crippen LogP contribution < -0.4 is 9.47 Å². The van der Waals surface area contributed by atoms with Crippen molar-refractivity contribution in [2.75, 3.05) is 25.3 Å². The molecule has 2 atom stereocenters. The van der Waals surface area contributed by atoms with Crippen molar-refractivity contribution in [3.8, 4) is 11.5 Å². The molecule has 0 aromatic heterocycles. The molecule has 0 bridgehead atoms. The Labute approximate surface area is 123 Å². The molecule has 5 nitrogen and oxygen atoms in total. The molecule has 0 spiro atoms. The lowest BCUT2D eigenvalue weighted by molar-refractivity contribution is 0.174. The summed E-state index contributed by atoms with van der Waals surface area (Å²) in [5, 5.41) is 0.555. The van der Waals surface area contributed by atoms with Crippen LogP contribution in [0.5, 0.6) is 11.5 Å². The van der Waals surface area contributed by atoms with E-state index in [-0.39, 0.29) is 12.8 Å². The first kappa shape index (κ1) is 14.0. The zero-order valence-electron chi connectivity index (χ0n) is 11.2. The van der Waals surface area contributed by atoms with E-state index in [2.05, 4.69) is 4.90 Å². The second-order valence-corrected chi connectivity index (χ2v) is 8.12. The monoisotopic (exact) mass is 316 g/mol. The lowest BCUT2D eigenvalue weighted by atomic mass is 10.1. The van der Waals surface area contributed by atoms with Gasteiger partial charge >= 0.3 is 0 Å². The van der Waals surface area contributed by atoms with Gasteiger partial charge in [-0.1, -0.05) is 11.6 Å². The summed E-state index contributed by atoms with van der Waals surface area (Å²) >= 11 is 6.16. The number of fused-ring (bicyclic) bond motifs is 1. The average molecular weight is 317 g/mol. The van der Waals surface area contributed by atoms with Gasteiger partial charge in [0, 0.05) is 33.8 Å². The molecule has 2 aliphatic rings. The van der Waals surface area contributed by atoms with Crippen LogP contribution in [0.15, 0.2) is 12.1 Å². The molecule has 1 aromatic carbocycles. The Kier molecular flexibility index (Phi) is 3.56. The Morgan fingerprint density at radius 3 is 3.00 bits per heavy atom. The lowest BCUT2D eigenvalue weighted by Gasteiger charge is -2.23. The van der Waals surface area contributed by atoms with Crippen molar-refractivity contribution in [3.05, 3.63) is 22.7 Å². The first-order chi connectivity index (χ1) is 9.44. The number of hydrogen-bond donors (Lipinski definition) is 1. The fourth-order valence-corrected chi connectivity index (χ4v) is 4.83. The zero-order chi connectivity index (χ0) is 14.3. The highest BCUT2D eigenvalue weighted by molar-refractivity contribution is 7.92. The molecule has 110 valence electrons. The molecule has 2 heterocycles. The van der Waals surface area contributed by atoms with E-state index in [0.717, 1.165) is 12.0 Å². The van der Waals surface area contributed by atoms with Crippen LogP contribution in [0.3, 0.4) is 0 Å². The molecule has 1 aromatic rings. The van der Waals surface area contributed by atoms with Crippen LogP contribution in [0.1, 0.15) is 12.0 Å². The van der Waals surface area contributed by atoms with E-state index >= 15 is 0 Å². The van der Waals surface area contributed by atoms with Gasteiger partial charge in [-0.3, -0.25) is 9.68 Å². The second-order valence-electron chi connectivity index (χ2n) is 5.35. The molecule has 0 saturated carbocycles. The SMILES string of the molecule is CN(Cc1cc(Cl)c2c(c1)OCO2)C1CCS(=N)(=O)C1. The van der Waals surface area contributed by atoms with Gasteiger partial charge in [0.1, 0.15) is 0 Å². The quantitative estimate of drug-likeness (QED) is 0.929. The second kappa shape index (κ2) is 5.09. The maximum absolute atomic E-state index is 11.7. The lowest BCUT2D eigenvalue weighted by Crippen LogP contribution is -2.31. The Hall–Kier alpha value is -0.980. The third-order valence-corrected chi connectivity index (χ3v) is 5.88. The predicted molar refractivity (Wildman–Crippen MR) is 78.0 cm³/mol. The minimum atomic E-state index is -2.36. The van der Waals surface area contributed by atoms with Crippen molar-refractivity contribution in [2.45, 2.75) is 19.0 Å². The minimum absolute atomic E-state index is 0.198. The Morgan fingerprint density at radius 2 is 2.30 bits per heavy atom. The first-order valence-corrected chi connectivity index (χ1v) is 8.74. The largest absolute Gasteiger partial charge is 0.454 e. The normalized spacial score (nSPS) is 28.2. The van der Waals surface area contributed by atoms with Crippen LogP contribution in [0.4, 0.5) is 0 Å². The third kappa shape index (κ3) is 2.73. The number of nitrogens with one attached hydrogen (secondary N) is 1. The van der Waals surface area contributed by atoms with Gasteiger partial charge in [0.05, 0.1) is 5.02 Å². The number of halogens is 1. The highest BCUT2D eigenvalue weighted by Gasteiger charge is 2.28. The predicted octanol–water partition coefficient (Wildman–Crippen LogP) is 2.32. The van der Waals surface area contributed by atoms with Crippen LogP contribution in [-0.2, 0) is 16.3 Å². The number of ether oxygens (including phenoxy) is 2. The standard InChI is InChI=1S/C13H17ClN2O3S/c1-16(10-2-3-20(15,17)7-10)6-9-4-11(14)13-12(5-9)18-8-19-13/h4-5,10,15H,2-3,6-8H2,1H3. The van der Waals surface area contributed by atoms with Crippen molar-refractivity contribution in [1.82, 2.24) is 4.90 Å². The molecule has 0 radical (unpaired) electrons. The highest BCUT2D eigenvalue weighted by atomic mass is 35.5. The van der Waals surface area contributed by atoms with E-state index in [0.29, 0.717) is 34.6 Å². The molecule has 3 rings (SSSR count). The van der Waals surface area contributed by atoms with Gasteiger partial charge in [-0.2, -0.15) is 0 Å². The van der Waals surface area contributed by atoms with E-state index < -0.39 is 9.73 Å². The molecule has 1 N–H and O–H groups in total. The summed E-state index contributed by atoms with van der Waals surface area (Å²) < 4.78 is 30.1. The van der Waals surface area contributed by atoms with Crippen LogP contribution >= 0.6 is 11.6 Å². The molecular formula is C13H17ClN2O3S. The molecule has 7 heteroatoms. The first-order valence-electron chi connectivity index (χ1n) is 6.47. The summed E-state index contributed by atoms with van der Waals surface area (Å²) in [4.78, 5) is 2.13. The van der Waals surface area contributed by atoms with Crippen molar-refractivity contribution in [3.63, 3.8) is 0 Å². The number of hydrogen-bond acceptors (Lipinski definition) is 5. The topological polar surface area (TPSA) is 62.6 Å². The summed E-state index contributed by atoms with van der Waals surface area (Å²) in [5.74, 6) is 2.25. The fourth-order valence-electron chi connectivity index (χ4n) is 2.68. The number of benzene rings is 1. The van der Waals surface area contributed by atoms with Crippen LogP contribution in [-0.4, -0.2) is 40.5 Å². The molecule has 20 heavy (non-hydrogen) atoms. The van der Waals surface area contributed by atoms with Crippen molar-refractivity contribution in [1.29, 1.82) is 4.78 Å². The summed E-state index contributed by atoms with van der Waals surface area (Å²) in [5.41, 5.74) is 1.03. The van der Waals surface area contributed by atoms with E-state index in [1.165, 1.54) is 0 Å². The molecule has 2 aliphatic heterocycles. The molecule has 2 unspecified atom stereocenters. The Morgan fingerprint density at radius 1 is 1.50 bits per heavy atom. The maximum atomic E-state index is 11.7. The van der Waals surface area contributed by atoms with Gasteiger partial charge < -0.3 is 9.47 Å². The van der Waals surface area contributed by atoms with E-state index in [1.807, 2.05) is 19.2 Å². The third-order valence-electron chi connectivity index (χ3n) is 3.78. The zero-order valence-corrected chi connectivity index (χ0v) is 12.8. The summed E-state index contributed by atoms with van der Waals surface area (Å²) in [6.45, 7) is 0.897. The van der Waals surface area contributed by atoms with E-state index in [4.69, 9.17) is 25.9 Å². The summed E-state index contributed by atoms with van der Waals surface area (Å²) in [6, 6.07) is 4.00. The fraction of sp³-hybridized carbons (Fsp3) is 0.538. The van der Waals surface area contributed by atoms with Gasteiger partial charge in [-0.05, 0) is 31.2 Å². The van der Waals surface area contributed by atoms with Crippen molar-refractivity contribution in [2.24, 2.45) is 0 Å². The number of rotatable bonds is 3. The Bertz CT molecular complexity index is 633.